The molecule has 19 heavy (non-hydrogen) atoms. The van der Waals surface area contributed by atoms with Crippen LogP contribution >= 0.6 is 0 Å². The van der Waals surface area contributed by atoms with Crippen LogP contribution in [0, 0.1) is 6.92 Å². The Balaban J connectivity index is 2.83. The molecule has 0 aliphatic rings. The van der Waals surface area contributed by atoms with Gasteiger partial charge in [0, 0.05) is 12.6 Å². The van der Waals surface area contributed by atoms with E-state index in [1.807, 2.05) is 13.8 Å². The Morgan fingerprint density at radius 1 is 1.42 bits per heavy atom. The summed E-state index contributed by atoms with van der Waals surface area (Å²) in [6, 6.07) is 4.93. The third-order valence-electron chi connectivity index (χ3n) is 2.64. The van der Waals surface area contributed by atoms with Gasteiger partial charge in [-0.2, -0.15) is 0 Å². The maximum atomic E-state index is 12.1. The van der Waals surface area contributed by atoms with Gasteiger partial charge in [0.2, 0.25) is 10.0 Å². The van der Waals surface area contributed by atoms with Crippen LogP contribution in [-0.4, -0.2) is 27.6 Å². The molecule has 0 heterocycles. The molecule has 0 aliphatic heterocycles. The van der Waals surface area contributed by atoms with Gasteiger partial charge in [0.15, 0.2) is 0 Å². The van der Waals surface area contributed by atoms with E-state index in [0.29, 0.717) is 30.9 Å². The summed E-state index contributed by atoms with van der Waals surface area (Å²) in [6.45, 7) is 6.37. The van der Waals surface area contributed by atoms with E-state index >= 15 is 0 Å². The van der Waals surface area contributed by atoms with Gasteiger partial charge in [0.1, 0.15) is 5.75 Å². The number of sulfonamides is 1. The minimum atomic E-state index is -3.48. The molecule has 1 aromatic rings. The highest BCUT2D eigenvalue weighted by Gasteiger charge is 2.16. The first-order valence-electron chi connectivity index (χ1n) is 6.35. The Morgan fingerprint density at radius 2 is 2.11 bits per heavy atom. The number of nitrogens with one attached hydrogen (secondary N) is 1. The first kappa shape index (κ1) is 15.9. The minimum absolute atomic E-state index is 0.0240. The number of nitrogens with two attached hydrogens (primary N) is 1. The lowest BCUT2D eigenvalue weighted by Gasteiger charge is -2.11. The van der Waals surface area contributed by atoms with Crippen LogP contribution in [0.25, 0.3) is 0 Å². The SMILES string of the molecule is CCOc1ccc(S(=O)(=O)NCC[C@H](C)N)c(C)c1. The van der Waals surface area contributed by atoms with E-state index in [1.54, 1.807) is 25.1 Å². The second kappa shape index (κ2) is 6.88. The predicted octanol–water partition coefficient (Wildman–Crippen LogP) is 1.41. The van der Waals surface area contributed by atoms with Crippen LogP contribution in [0.1, 0.15) is 25.8 Å². The van der Waals surface area contributed by atoms with Crippen LogP contribution in [0.15, 0.2) is 23.1 Å². The molecule has 0 saturated carbocycles. The van der Waals surface area contributed by atoms with Crippen molar-refractivity contribution in [3.63, 3.8) is 0 Å². The van der Waals surface area contributed by atoms with E-state index < -0.39 is 10.0 Å². The molecule has 0 fully saturated rings. The van der Waals surface area contributed by atoms with Crippen molar-refractivity contribution in [2.45, 2.75) is 38.1 Å². The quantitative estimate of drug-likeness (QED) is 0.794. The fourth-order valence-corrected chi connectivity index (χ4v) is 2.95. The highest BCUT2D eigenvalue weighted by molar-refractivity contribution is 7.89. The Hall–Kier alpha value is -1.11. The molecule has 0 bridgehead atoms. The first-order valence-corrected chi connectivity index (χ1v) is 7.84. The molecule has 0 saturated heterocycles. The highest BCUT2D eigenvalue weighted by atomic mass is 32.2. The molecule has 0 unspecified atom stereocenters. The molecule has 1 atom stereocenters. The molecule has 3 N–H and O–H groups in total. The lowest BCUT2D eigenvalue weighted by Crippen LogP contribution is -2.29. The third kappa shape index (κ3) is 4.81. The molecular weight excluding hydrogens is 264 g/mol. The van der Waals surface area contributed by atoms with Gasteiger partial charge in [-0.25, -0.2) is 13.1 Å². The summed E-state index contributed by atoms with van der Waals surface area (Å²) < 4.78 is 32.1. The van der Waals surface area contributed by atoms with Crippen molar-refractivity contribution in [3.05, 3.63) is 23.8 Å². The largest absolute Gasteiger partial charge is 0.494 e. The zero-order chi connectivity index (χ0) is 14.5. The number of rotatable bonds is 7. The van der Waals surface area contributed by atoms with E-state index in [0.717, 1.165) is 0 Å². The fourth-order valence-electron chi connectivity index (χ4n) is 1.68. The van der Waals surface area contributed by atoms with E-state index in [4.69, 9.17) is 10.5 Å². The number of hydrogen-bond acceptors (Lipinski definition) is 4. The van der Waals surface area contributed by atoms with Gasteiger partial charge in [0.05, 0.1) is 11.5 Å². The average molecular weight is 286 g/mol. The summed E-state index contributed by atoms with van der Waals surface area (Å²) in [7, 11) is -3.48. The normalized spacial score (nSPS) is 13.3. The summed E-state index contributed by atoms with van der Waals surface area (Å²) in [4.78, 5) is 0.278. The lowest BCUT2D eigenvalue weighted by molar-refractivity contribution is 0.339. The minimum Gasteiger partial charge on any atom is -0.494 e. The Bertz CT molecular complexity index is 513. The monoisotopic (exact) mass is 286 g/mol. The molecule has 0 radical (unpaired) electrons. The van der Waals surface area contributed by atoms with Gasteiger partial charge in [-0.3, -0.25) is 0 Å². The molecule has 6 heteroatoms. The molecular formula is C13H22N2O3S. The average Bonchev–Trinajstić information content (AvgIpc) is 2.28. The standard InChI is InChI=1S/C13H22N2O3S/c1-4-18-12-5-6-13(10(2)9-12)19(16,17)15-8-7-11(3)14/h5-6,9,11,15H,4,7-8,14H2,1-3H3/t11-/m0/s1. The van der Waals surface area contributed by atoms with Gasteiger partial charge in [0.25, 0.3) is 0 Å². The van der Waals surface area contributed by atoms with Gasteiger partial charge in [-0.15, -0.1) is 0 Å². The van der Waals surface area contributed by atoms with Gasteiger partial charge in [-0.1, -0.05) is 0 Å². The van der Waals surface area contributed by atoms with E-state index in [1.165, 1.54) is 0 Å². The number of aryl methyl sites for hydroxylation is 1. The zero-order valence-electron chi connectivity index (χ0n) is 11.6. The van der Waals surface area contributed by atoms with Crippen molar-refractivity contribution in [1.29, 1.82) is 0 Å². The maximum Gasteiger partial charge on any atom is 0.240 e. The lowest BCUT2D eigenvalue weighted by atomic mass is 10.2. The molecule has 1 aromatic carbocycles. The predicted molar refractivity (Wildman–Crippen MR) is 75.8 cm³/mol. The van der Waals surface area contributed by atoms with Crippen LogP contribution in [0.4, 0.5) is 0 Å². The Labute approximate surface area is 115 Å². The van der Waals surface area contributed by atoms with Crippen molar-refractivity contribution >= 4 is 10.0 Å². The molecule has 5 nitrogen and oxygen atoms in total. The van der Waals surface area contributed by atoms with Gasteiger partial charge >= 0.3 is 0 Å². The molecule has 0 aromatic heterocycles. The maximum absolute atomic E-state index is 12.1. The summed E-state index contributed by atoms with van der Waals surface area (Å²) in [5.41, 5.74) is 6.26. The summed E-state index contributed by atoms with van der Waals surface area (Å²) in [5.74, 6) is 0.675. The van der Waals surface area contributed by atoms with E-state index in [-0.39, 0.29) is 10.9 Å². The van der Waals surface area contributed by atoms with Crippen molar-refractivity contribution in [2.75, 3.05) is 13.2 Å². The van der Waals surface area contributed by atoms with Crippen LogP contribution in [0.2, 0.25) is 0 Å². The summed E-state index contributed by atoms with van der Waals surface area (Å²) >= 11 is 0. The van der Waals surface area contributed by atoms with Crippen molar-refractivity contribution in [2.24, 2.45) is 5.73 Å². The molecule has 0 spiro atoms. The Kier molecular flexibility index (Phi) is 5.78. The van der Waals surface area contributed by atoms with Gasteiger partial charge in [-0.05, 0) is 51.0 Å². The van der Waals surface area contributed by atoms with E-state index in [9.17, 15) is 8.42 Å². The van der Waals surface area contributed by atoms with Crippen molar-refractivity contribution in [3.8, 4) is 5.75 Å². The Morgan fingerprint density at radius 3 is 2.63 bits per heavy atom. The zero-order valence-corrected chi connectivity index (χ0v) is 12.5. The van der Waals surface area contributed by atoms with Crippen LogP contribution in [-0.2, 0) is 10.0 Å². The summed E-state index contributed by atoms with van der Waals surface area (Å²) in [5, 5.41) is 0. The van der Waals surface area contributed by atoms with E-state index in [2.05, 4.69) is 4.72 Å². The van der Waals surface area contributed by atoms with Crippen LogP contribution < -0.4 is 15.2 Å². The number of benzene rings is 1. The molecule has 108 valence electrons. The summed E-state index contributed by atoms with van der Waals surface area (Å²) in [6.07, 6.45) is 0.606. The van der Waals surface area contributed by atoms with Crippen molar-refractivity contribution in [1.82, 2.24) is 4.72 Å². The van der Waals surface area contributed by atoms with Crippen LogP contribution in [0.3, 0.4) is 0 Å². The number of ether oxygens (including phenoxy) is 1. The van der Waals surface area contributed by atoms with Crippen LogP contribution in [0.5, 0.6) is 5.75 Å². The van der Waals surface area contributed by atoms with Crippen molar-refractivity contribution < 1.29 is 13.2 Å². The fraction of sp³-hybridized carbons (Fsp3) is 0.538. The third-order valence-corrected chi connectivity index (χ3v) is 4.26. The second-order valence-electron chi connectivity index (χ2n) is 4.52. The molecule has 0 amide bonds. The van der Waals surface area contributed by atoms with Gasteiger partial charge < -0.3 is 10.5 Å². The number of hydrogen-bond donors (Lipinski definition) is 2. The molecule has 1 rings (SSSR count). The molecule has 0 aliphatic carbocycles. The first-order chi connectivity index (χ1) is 8.86. The highest BCUT2D eigenvalue weighted by Crippen LogP contribution is 2.21. The second-order valence-corrected chi connectivity index (χ2v) is 6.26. The topological polar surface area (TPSA) is 81.4 Å². The smallest absolute Gasteiger partial charge is 0.240 e.